The molecule has 0 fully saturated rings. The lowest BCUT2D eigenvalue weighted by molar-refractivity contribution is 0.101. The van der Waals surface area contributed by atoms with Crippen molar-refractivity contribution in [3.05, 3.63) is 83.4 Å². The molecule has 0 saturated heterocycles. The summed E-state index contributed by atoms with van der Waals surface area (Å²) >= 11 is 0. The molecule has 0 aliphatic heterocycles. The van der Waals surface area contributed by atoms with Gasteiger partial charge in [0.05, 0.1) is 7.11 Å². The van der Waals surface area contributed by atoms with Gasteiger partial charge in [0.25, 0.3) is 11.8 Å². The summed E-state index contributed by atoms with van der Waals surface area (Å²) in [5.41, 5.74) is 2.21. The molecule has 0 saturated carbocycles. The number of ether oxygens (including phenoxy) is 1. The average Bonchev–Trinajstić information content (AvgIpc) is 2.80. The van der Waals surface area contributed by atoms with Crippen LogP contribution in [-0.4, -0.2) is 45.7 Å². The van der Waals surface area contributed by atoms with Gasteiger partial charge in [0, 0.05) is 36.6 Å². The zero-order valence-corrected chi connectivity index (χ0v) is 19.6. The average molecular weight is 468 g/mol. The van der Waals surface area contributed by atoms with Crippen LogP contribution in [-0.2, 0) is 10.0 Å². The van der Waals surface area contributed by atoms with Crippen LogP contribution >= 0.6 is 0 Å². The summed E-state index contributed by atoms with van der Waals surface area (Å²) < 4.78 is 31.5. The minimum atomic E-state index is -3.83. The number of anilines is 2. The Bertz CT molecular complexity index is 1290. The normalized spacial score (nSPS) is 11.2. The van der Waals surface area contributed by atoms with Gasteiger partial charge in [-0.2, -0.15) is 0 Å². The highest BCUT2D eigenvalue weighted by Gasteiger charge is 2.24. The molecule has 0 unspecified atom stereocenters. The molecule has 8 nitrogen and oxygen atoms in total. The summed E-state index contributed by atoms with van der Waals surface area (Å²) in [7, 11) is 0.331. The number of nitrogens with zero attached hydrogens (tertiary/aromatic N) is 1. The molecule has 0 aromatic heterocycles. The molecule has 9 heteroatoms. The highest BCUT2D eigenvalue weighted by molar-refractivity contribution is 7.89. The van der Waals surface area contributed by atoms with E-state index in [9.17, 15) is 18.0 Å². The fourth-order valence-electron chi connectivity index (χ4n) is 3.15. The summed E-state index contributed by atoms with van der Waals surface area (Å²) in [6, 6.07) is 18.2. The number of para-hydroxylation sites is 1. The zero-order valence-electron chi connectivity index (χ0n) is 18.7. The van der Waals surface area contributed by atoms with Crippen LogP contribution in [0.1, 0.15) is 26.3 Å². The molecule has 3 aromatic rings. The molecular formula is C24H25N3O5S. The van der Waals surface area contributed by atoms with Crippen LogP contribution in [0, 0.1) is 6.92 Å². The first-order valence-corrected chi connectivity index (χ1v) is 11.5. The molecule has 0 aliphatic carbocycles. The van der Waals surface area contributed by atoms with E-state index >= 15 is 0 Å². The van der Waals surface area contributed by atoms with Crippen molar-refractivity contribution in [1.82, 2.24) is 4.31 Å². The van der Waals surface area contributed by atoms with Crippen LogP contribution in [0.4, 0.5) is 11.4 Å². The number of hydrogen-bond acceptors (Lipinski definition) is 5. The molecule has 0 heterocycles. The first kappa shape index (κ1) is 24.0. The van der Waals surface area contributed by atoms with Gasteiger partial charge in [-0.25, -0.2) is 12.7 Å². The number of nitrogens with one attached hydrogen (secondary N) is 2. The minimum absolute atomic E-state index is 0.115. The number of hydrogen-bond donors (Lipinski definition) is 2. The maximum atomic E-state index is 12.9. The Kier molecular flexibility index (Phi) is 7.15. The van der Waals surface area contributed by atoms with Gasteiger partial charge in [0.2, 0.25) is 10.0 Å². The summed E-state index contributed by atoms with van der Waals surface area (Å²) in [5.74, 6) is -0.689. The molecule has 0 aliphatic rings. The molecule has 3 aromatic carbocycles. The third kappa shape index (κ3) is 5.21. The second-order valence-corrected chi connectivity index (χ2v) is 9.53. The Morgan fingerprint density at radius 3 is 2.21 bits per heavy atom. The summed E-state index contributed by atoms with van der Waals surface area (Å²) in [6.45, 7) is 1.73. The predicted molar refractivity (Wildman–Crippen MR) is 127 cm³/mol. The number of rotatable bonds is 7. The quantitative estimate of drug-likeness (QED) is 0.551. The van der Waals surface area contributed by atoms with Crippen LogP contribution in [0.25, 0.3) is 0 Å². The van der Waals surface area contributed by atoms with E-state index in [1.807, 2.05) is 18.2 Å². The molecule has 33 heavy (non-hydrogen) atoms. The third-order valence-electron chi connectivity index (χ3n) is 5.04. The van der Waals surface area contributed by atoms with Crippen LogP contribution in [0.3, 0.4) is 0 Å². The van der Waals surface area contributed by atoms with Crippen molar-refractivity contribution in [2.45, 2.75) is 11.8 Å². The number of sulfonamides is 1. The monoisotopic (exact) mass is 467 g/mol. The number of amides is 2. The first-order chi connectivity index (χ1) is 15.6. The van der Waals surface area contributed by atoms with E-state index in [1.165, 1.54) is 39.4 Å². The molecule has 172 valence electrons. The van der Waals surface area contributed by atoms with E-state index in [2.05, 4.69) is 10.6 Å². The van der Waals surface area contributed by atoms with Crippen molar-refractivity contribution in [1.29, 1.82) is 0 Å². The number of carbonyl (C=O) groups excluding carboxylic acids is 2. The lowest BCUT2D eigenvalue weighted by atomic mass is 10.1. The van der Waals surface area contributed by atoms with Gasteiger partial charge in [-0.05, 0) is 55.0 Å². The fourth-order valence-corrected chi connectivity index (χ4v) is 4.22. The lowest BCUT2D eigenvalue weighted by Crippen LogP contribution is -2.23. The maximum absolute atomic E-state index is 12.9. The van der Waals surface area contributed by atoms with E-state index in [-0.39, 0.29) is 22.1 Å². The van der Waals surface area contributed by atoms with Crippen LogP contribution < -0.4 is 15.4 Å². The predicted octanol–water partition coefficient (Wildman–Crippen LogP) is 3.76. The van der Waals surface area contributed by atoms with Gasteiger partial charge >= 0.3 is 0 Å². The largest absolute Gasteiger partial charge is 0.495 e. The summed E-state index contributed by atoms with van der Waals surface area (Å²) in [6.07, 6.45) is 0. The Labute approximate surface area is 193 Å². The Balaban J connectivity index is 1.88. The molecule has 3 rings (SSSR count). The molecular weight excluding hydrogens is 442 g/mol. The van der Waals surface area contributed by atoms with E-state index < -0.39 is 15.9 Å². The summed E-state index contributed by atoms with van der Waals surface area (Å²) in [4.78, 5) is 25.5. The molecule has 0 spiro atoms. The molecule has 2 amide bonds. The Hall–Kier alpha value is -3.69. The third-order valence-corrected chi connectivity index (χ3v) is 6.88. The van der Waals surface area contributed by atoms with Crippen molar-refractivity contribution < 1.29 is 22.7 Å². The van der Waals surface area contributed by atoms with Crippen LogP contribution in [0.2, 0.25) is 0 Å². The SMILES string of the molecule is COc1ccc(C(=O)Nc2cccc(C(=O)Nc3ccccc3)c2C)cc1S(=O)(=O)N(C)C. The molecule has 0 bridgehead atoms. The lowest BCUT2D eigenvalue weighted by Gasteiger charge is -2.16. The van der Waals surface area contributed by atoms with E-state index in [0.717, 1.165) is 4.31 Å². The van der Waals surface area contributed by atoms with E-state index in [0.29, 0.717) is 22.5 Å². The van der Waals surface area contributed by atoms with Gasteiger partial charge in [-0.3, -0.25) is 9.59 Å². The van der Waals surface area contributed by atoms with E-state index in [4.69, 9.17) is 4.74 Å². The van der Waals surface area contributed by atoms with Gasteiger partial charge in [-0.1, -0.05) is 24.3 Å². The van der Waals surface area contributed by atoms with Gasteiger partial charge in [0.15, 0.2) is 0 Å². The highest BCUT2D eigenvalue weighted by Crippen LogP contribution is 2.28. The highest BCUT2D eigenvalue weighted by atomic mass is 32.2. The minimum Gasteiger partial charge on any atom is -0.495 e. The summed E-state index contributed by atoms with van der Waals surface area (Å²) in [5, 5.41) is 5.58. The topological polar surface area (TPSA) is 105 Å². The Morgan fingerprint density at radius 1 is 0.879 bits per heavy atom. The first-order valence-electron chi connectivity index (χ1n) is 10.0. The second-order valence-electron chi connectivity index (χ2n) is 7.41. The van der Waals surface area contributed by atoms with Gasteiger partial charge in [-0.15, -0.1) is 0 Å². The van der Waals surface area contributed by atoms with Gasteiger partial charge in [0.1, 0.15) is 10.6 Å². The number of methoxy groups -OCH3 is 1. The molecule has 0 radical (unpaired) electrons. The number of benzene rings is 3. The van der Waals surface area contributed by atoms with Crippen LogP contribution in [0.5, 0.6) is 5.75 Å². The van der Waals surface area contributed by atoms with Crippen LogP contribution in [0.15, 0.2) is 71.6 Å². The molecule has 0 atom stereocenters. The standard InChI is InChI=1S/C24H25N3O5S/c1-16-19(24(29)25-18-9-6-5-7-10-18)11-8-12-20(16)26-23(28)17-13-14-21(32-4)22(15-17)33(30,31)27(2)3/h5-15H,1-4H3,(H,25,29)(H,26,28). The maximum Gasteiger partial charge on any atom is 0.256 e. The number of carbonyl (C=O) groups is 2. The molecule has 2 N–H and O–H groups in total. The van der Waals surface area contributed by atoms with Crippen molar-refractivity contribution in [3.63, 3.8) is 0 Å². The Morgan fingerprint density at radius 2 is 1.58 bits per heavy atom. The van der Waals surface area contributed by atoms with Crippen molar-refractivity contribution in [2.75, 3.05) is 31.8 Å². The van der Waals surface area contributed by atoms with Crippen molar-refractivity contribution in [3.8, 4) is 5.75 Å². The fraction of sp³-hybridized carbons (Fsp3) is 0.167. The van der Waals surface area contributed by atoms with Crippen molar-refractivity contribution >= 4 is 33.2 Å². The smallest absolute Gasteiger partial charge is 0.256 e. The zero-order chi connectivity index (χ0) is 24.2. The second kappa shape index (κ2) is 9.85. The van der Waals surface area contributed by atoms with Crippen molar-refractivity contribution in [2.24, 2.45) is 0 Å². The van der Waals surface area contributed by atoms with E-state index in [1.54, 1.807) is 37.3 Å². The van der Waals surface area contributed by atoms with Gasteiger partial charge < -0.3 is 15.4 Å².